The molecule has 1 aromatic heterocycles. The lowest BCUT2D eigenvalue weighted by Crippen LogP contribution is -2.40. The molecule has 2 heterocycles. The molecule has 4 rings (SSSR count). The van der Waals surface area contributed by atoms with E-state index in [1.165, 1.54) is 0 Å². The van der Waals surface area contributed by atoms with E-state index in [1.807, 2.05) is 30.3 Å². The summed E-state index contributed by atoms with van der Waals surface area (Å²) in [5, 5.41) is 7.19. The first-order valence-electron chi connectivity index (χ1n) is 8.25. The summed E-state index contributed by atoms with van der Waals surface area (Å²) in [6, 6.07) is 15.6. The van der Waals surface area contributed by atoms with Crippen LogP contribution in [0, 0.1) is 0 Å². The fraction of sp³-hybridized carbons (Fsp3) is 0.158. The number of hydrogen-bond donors (Lipinski definition) is 1. The van der Waals surface area contributed by atoms with Crippen LogP contribution in [0.25, 0.3) is 11.4 Å². The van der Waals surface area contributed by atoms with Crippen LogP contribution in [0.3, 0.4) is 0 Å². The van der Waals surface area contributed by atoms with Crippen LogP contribution in [0.1, 0.15) is 18.4 Å². The van der Waals surface area contributed by atoms with Crippen LogP contribution in [0.2, 0.25) is 5.02 Å². The van der Waals surface area contributed by atoms with Gasteiger partial charge in [-0.2, -0.15) is 4.98 Å². The van der Waals surface area contributed by atoms with Crippen molar-refractivity contribution in [2.75, 3.05) is 0 Å². The van der Waals surface area contributed by atoms with Gasteiger partial charge in [0.1, 0.15) is 12.1 Å². The molecule has 8 heteroatoms. The number of rotatable bonds is 4. The van der Waals surface area contributed by atoms with Crippen molar-refractivity contribution < 1.29 is 14.1 Å². The van der Waals surface area contributed by atoms with Crippen LogP contribution < -0.4 is 5.32 Å². The monoisotopic (exact) mass is 382 g/mol. The first-order valence-corrected chi connectivity index (χ1v) is 8.63. The topological polar surface area (TPSA) is 88.3 Å². The molecule has 1 atom stereocenters. The number of imide groups is 1. The van der Waals surface area contributed by atoms with Crippen LogP contribution in [0.5, 0.6) is 0 Å². The second kappa shape index (κ2) is 6.51. The summed E-state index contributed by atoms with van der Waals surface area (Å²) in [4.78, 5) is 30.7. The number of aromatic nitrogens is 2. The summed E-state index contributed by atoms with van der Waals surface area (Å²) in [5.41, 5.74) is 0.253. The highest BCUT2D eigenvalue weighted by molar-refractivity contribution is 6.30. The van der Waals surface area contributed by atoms with Gasteiger partial charge >= 0.3 is 6.03 Å². The molecule has 1 saturated heterocycles. The number of nitrogens with zero attached hydrogens (tertiary/aromatic N) is 3. The number of urea groups is 1. The van der Waals surface area contributed by atoms with Crippen LogP contribution >= 0.6 is 11.6 Å². The zero-order chi connectivity index (χ0) is 19.0. The van der Waals surface area contributed by atoms with Crippen molar-refractivity contribution in [3.05, 3.63) is 71.1 Å². The molecule has 1 fully saturated rings. The maximum atomic E-state index is 12.9. The minimum Gasteiger partial charge on any atom is -0.337 e. The summed E-state index contributed by atoms with van der Waals surface area (Å²) < 4.78 is 5.21. The molecular weight excluding hydrogens is 368 g/mol. The minimum atomic E-state index is -1.18. The van der Waals surface area contributed by atoms with Gasteiger partial charge in [0.15, 0.2) is 0 Å². The Bertz CT molecular complexity index is 1000. The average Bonchev–Trinajstić information content (AvgIpc) is 3.22. The maximum Gasteiger partial charge on any atom is 0.325 e. The summed E-state index contributed by atoms with van der Waals surface area (Å²) in [6.45, 7) is 1.55. The average molecular weight is 383 g/mol. The molecule has 2 aromatic carbocycles. The number of amides is 3. The fourth-order valence-electron chi connectivity index (χ4n) is 2.98. The van der Waals surface area contributed by atoms with Crippen LogP contribution in [-0.4, -0.2) is 27.0 Å². The maximum absolute atomic E-state index is 12.9. The smallest absolute Gasteiger partial charge is 0.325 e. The Balaban J connectivity index is 1.56. The molecule has 0 radical (unpaired) electrons. The van der Waals surface area contributed by atoms with Crippen molar-refractivity contribution in [2.24, 2.45) is 0 Å². The predicted molar refractivity (Wildman–Crippen MR) is 97.6 cm³/mol. The van der Waals surface area contributed by atoms with Gasteiger partial charge in [0, 0.05) is 10.6 Å². The largest absolute Gasteiger partial charge is 0.337 e. The van der Waals surface area contributed by atoms with Crippen molar-refractivity contribution in [1.82, 2.24) is 20.4 Å². The van der Waals surface area contributed by atoms with E-state index in [1.54, 1.807) is 31.2 Å². The van der Waals surface area contributed by atoms with E-state index in [9.17, 15) is 9.59 Å². The van der Waals surface area contributed by atoms with E-state index in [-0.39, 0.29) is 12.4 Å². The molecule has 3 aromatic rings. The number of nitrogens with one attached hydrogen (secondary N) is 1. The number of benzene rings is 2. The van der Waals surface area contributed by atoms with Crippen LogP contribution in [-0.2, 0) is 16.9 Å². The summed E-state index contributed by atoms with van der Waals surface area (Å²) >= 11 is 5.91. The van der Waals surface area contributed by atoms with Gasteiger partial charge in [-0.1, -0.05) is 59.2 Å². The fourth-order valence-corrected chi connectivity index (χ4v) is 3.10. The summed E-state index contributed by atoms with van der Waals surface area (Å²) in [5.74, 6) is 0.185. The number of carbonyl (C=O) groups is 2. The Morgan fingerprint density at radius 1 is 1.11 bits per heavy atom. The van der Waals surface area contributed by atoms with Gasteiger partial charge in [-0.05, 0) is 24.6 Å². The first kappa shape index (κ1) is 17.2. The van der Waals surface area contributed by atoms with E-state index in [0.29, 0.717) is 16.4 Å². The van der Waals surface area contributed by atoms with Gasteiger partial charge in [0.2, 0.25) is 11.7 Å². The Labute approximate surface area is 159 Å². The second-order valence-electron chi connectivity index (χ2n) is 6.33. The number of hydrogen-bond acceptors (Lipinski definition) is 5. The predicted octanol–water partition coefficient (Wildman–Crippen LogP) is 3.36. The highest BCUT2D eigenvalue weighted by atomic mass is 35.5. The number of halogens is 1. The summed E-state index contributed by atoms with van der Waals surface area (Å²) in [6.07, 6.45) is 0. The van der Waals surface area contributed by atoms with E-state index in [2.05, 4.69) is 15.5 Å². The Hall–Kier alpha value is -3.19. The third kappa shape index (κ3) is 3.06. The van der Waals surface area contributed by atoms with E-state index < -0.39 is 17.5 Å². The molecule has 1 aliphatic rings. The molecule has 1 N–H and O–H groups in total. The van der Waals surface area contributed by atoms with Crippen molar-refractivity contribution in [3.63, 3.8) is 0 Å². The Kier molecular flexibility index (Phi) is 4.16. The molecule has 0 spiro atoms. The van der Waals surface area contributed by atoms with Gasteiger partial charge < -0.3 is 9.84 Å². The molecule has 1 aliphatic heterocycles. The van der Waals surface area contributed by atoms with Gasteiger partial charge in [0.05, 0.1) is 0 Å². The van der Waals surface area contributed by atoms with Crippen LogP contribution in [0.4, 0.5) is 4.79 Å². The molecule has 7 nitrogen and oxygen atoms in total. The SMILES string of the molecule is CC1(c2ccc(Cl)cc2)NC(=O)N(Cc2nc(-c3ccccc3)no2)C1=O. The van der Waals surface area contributed by atoms with Gasteiger partial charge in [0.25, 0.3) is 5.91 Å². The lowest BCUT2D eigenvalue weighted by molar-refractivity contribution is -0.131. The van der Waals surface area contributed by atoms with E-state index >= 15 is 0 Å². The zero-order valence-corrected chi connectivity index (χ0v) is 15.1. The molecule has 3 amide bonds. The molecule has 27 heavy (non-hydrogen) atoms. The Morgan fingerprint density at radius 2 is 1.81 bits per heavy atom. The van der Waals surface area contributed by atoms with Crippen molar-refractivity contribution in [2.45, 2.75) is 19.0 Å². The first-order chi connectivity index (χ1) is 13.0. The second-order valence-corrected chi connectivity index (χ2v) is 6.77. The molecule has 136 valence electrons. The standard InChI is InChI=1S/C19H15ClN4O3/c1-19(13-7-9-14(20)10-8-13)17(25)24(18(26)22-19)11-15-21-16(23-27-15)12-5-3-2-4-6-12/h2-10H,11H2,1H3,(H,22,26). The normalized spacial score (nSPS) is 19.4. The zero-order valence-electron chi connectivity index (χ0n) is 14.3. The summed E-state index contributed by atoms with van der Waals surface area (Å²) in [7, 11) is 0. The van der Waals surface area contributed by atoms with Gasteiger partial charge in [-0.3, -0.25) is 9.69 Å². The lowest BCUT2D eigenvalue weighted by Gasteiger charge is -2.22. The molecule has 0 saturated carbocycles. The van der Waals surface area contributed by atoms with E-state index in [0.717, 1.165) is 10.5 Å². The third-order valence-corrected chi connectivity index (χ3v) is 4.74. The number of carbonyl (C=O) groups excluding carboxylic acids is 2. The minimum absolute atomic E-state index is 0.103. The lowest BCUT2D eigenvalue weighted by atomic mass is 9.92. The van der Waals surface area contributed by atoms with Gasteiger partial charge in [-0.25, -0.2) is 4.79 Å². The van der Waals surface area contributed by atoms with Crippen molar-refractivity contribution >= 4 is 23.5 Å². The van der Waals surface area contributed by atoms with Gasteiger partial charge in [-0.15, -0.1) is 0 Å². The third-order valence-electron chi connectivity index (χ3n) is 4.49. The van der Waals surface area contributed by atoms with Crippen molar-refractivity contribution in [3.8, 4) is 11.4 Å². The molecule has 1 unspecified atom stereocenters. The van der Waals surface area contributed by atoms with E-state index in [4.69, 9.17) is 16.1 Å². The van der Waals surface area contributed by atoms with Crippen molar-refractivity contribution in [1.29, 1.82) is 0 Å². The molecular formula is C19H15ClN4O3. The quantitative estimate of drug-likeness (QED) is 0.699. The Morgan fingerprint density at radius 3 is 2.52 bits per heavy atom. The highest BCUT2D eigenvalue weighted by Gasteiger charge is 2.49. The molecule has 0 aliphatic carbocycles. The van der Waals surface area contributed by atoms with Crippen LogP contribution in [0.15, 0.2) is 59.1 Å². The molecule has 0 bridgehead atoms. The highest BCUT2D eigenvalue weighted by Crippen LogP contribution is 2.30.